The number of hydrogen-bond acceptors (Lipinski definition) is 4. The minimum absolute atomic E-state index is 0.392. The molecule has 0 aliphatic heterocycles. The first-order chi connectivity index (χ1) is 11.6. The van der Waals surface area contributed by atoms with Crippen molar-refractivity contribution in [3.05, 3.63) is 71.4 Å². The van der Waals surface area contributed by atoms with E-state index in [1.54, 1.807) is 0 Å². The molecule has 0 atom stereocenters. The first kappa shape index (κ1) is 17.2. The molecule has 0 heterocycles. The summed E-state index contributed by atoms with van der Waals surface area (Å²) in [6.45, 7) is 0. The van der Waals surface area contributed by atoms with E-state index >= 15 is 0 Å². The molecule has 0 spiro atoms. The zero-order valence-corrected chi connectivity index (χ0v) is 17.1. The monoisotopic (exact) mass is 543 g/mol. The third-order valence-electron chi connectivity index (χ3n) is 3.52. The van der Waals surface area contributed by atoms with Gasteiger partial charge in [0.2, 0.25) is 0 Å². The molecule has 0 amide bonds. The van der Waals surface area contributed by atoms with Crippen molar-refractivity contribution in [1.29, 1.82) is 3.56 Å². The first-order valence-electron chi connectivity index (χ1n) is 7.18. The maximum atomic E-state index is 7.78. The van der Waals surface area contributed by atoms with Crippen LogP contribution in [0.1, 0.15) is 0 Å². The van der Waals surface area contributed by atoms with Gasteiger partial charge in [0.15, 0.2) is 0 Å². The Balaban J connectivity index is 1.91. The Bertz CT molecular complexity index is 892. The standard InChI is InChI=1S/C18H17I2N4/c21-13-8-9-16(22)14(10-13)11-4-6-12(7-5-11)19-18-15(20-24)2-1-3-17(18)23/h1-10,24H,21-23H2/q-1. The number of rotatable bonds is 4. The van der Waals surface area contributed by atoms with Gasteiger partial charge in [0.25, 0.3) is 0 Å². The van der Waals surface area contributed by atoms with E-state index in [-0.39, 0.29) is 0 Å². The molecule has 6 heteroatoms. The van der Waals surface area contributed by atoms with Gasteiger partial charge in [-0.2, -0.15) is 0 Å². The molecule has 4 nitrogen and oxygen atoms in total. The second kappa shape index (κ2) is 7.47. The van der Waals surface area contributed by atoms with E-state index in [0.29, 0.717) is 5.69 Å². The fraction of sp³-hybridized carbons (Fsp3) is 0. The van der Waals surface area contributed by atoms with Gasteiger partial charge in [-0.3, -0.25) is 0 Å². The van der Waals surface area contributed by atoms with E-state index in [4.69, 9.17) is 20.8 Å². The quantitative estimate of drug-likeness (QED) is 0.294. The van der Waals surface area contributed by atoms with Gasteiger partial charge in [0.05, 0.1) is 0 Å². The summed E-state index contributed by atoms with van der Waals surface area (Å²) in [7, 11) is 0. The minimum atomic E-state index is -0.712. The van der Waals surface area contributed by atoms with Crippen LogP contribution in [-0.4, -0.2) is 0 Å². The van der Waals surface area contributed by atoms with Crippen LogP contribution in [0, 0.1) is 14.3 Å². The molecule has 0 radical (unpaired) electrons. The Morgan fingerprint density at radius 1 is 0.833 bits per heavy atom. The van der Waals surface area contributed by atoms with E-state index < -0.39 is 42.2 Å². The van der Waals surface area contributed by atoms with Crippen molar-refractivity contribution in [3.63, 3.8) is 0 Å². The molecule has 0 fully saturated rings. The van der Waals surface area contributed by atoms with E-state index in [2.05, 4.69) is 24.3 Å². The van der Waals surface area contributed by atoms with Crippen molar-refractivity contribution >= 4 is 38.1 Å². The zero-order valence-electron chi connectivity index (χ0n) is 12.8. The van der Waals surface area contributed by atoms with Crippen LogP contribution in [0.15, 0.2) is 60.7 Å². The Morgan fingerprint density at radius 3 is 2.29 bits per heavy atom. The molecule has 3 aromatic carbocycles. The van der Waals surface area contributed by atoms with Gasteiger partial charge >= 0.3 is 163 Å². The predicted octanol–water partition coefficient (Wildman–Crippen LogP) is 1.13. The summed E-state index contributed by atoms with van der Waals surface area (Å²) < 4.78 is 11.4. The number of nitrogens with two attached hydrogens (primary N) is 3. The topological polar surface area (TPSA) is 102 Å². The Hall–Kier alpha value is -1.68. The molecule has 0 unspecified atom stereocenters. The molecule has 7 N–H and O–H groups in total. The average molecular weight is 543 g/mol. The molecule has 0 bridgehead atoms. The summed E-state index contributed by atoms with van der Waals surface area (Å²) in [4.78, 5) is 0. The molecule has 24 heavy (non-hydrogen) atoms. The summed E-state index contributed by atoms with van der Waals surface area (Å²) in [6, 6.07) is 19.9. The number of benzene rings is 3. The van der Waals surface area contributed by atoms with Gasteiger partial charge < -0.3 is 0 Å². The molecule has 3 rings (SSSR count). The average Bonchev–Trinajstić information content (AvgIpc) is 2.59. The molecule has 0 saturated carbocycles. The van der Waals surface area contributed by atoms with Crippen LogP contribution in [-0.2, 0) is 0 Å². The van der Waals surface area contributed by atoms with Gasteiger partial charge in [-0.1, -0.05) is 0 Å². The maximum absolute atomic E-state index is 7.78. The second-order valence-corrected chi connectivity index (χ2v) is 9.75. The summed E-state index contributed by atoms with van der Waals surface area (Å²) >= 11 is -1.10. The van der Waals surface area contributed by atoms with Gasteiger partial charge in [0, 0.05) is 0 Å². The van der Waals surface area contributed by atoms with Gasteiger partial charge in [-0.15, -0.1) is 0 Å². The van der Waals surface area contributed by atoms with Crippen LogP contribution >= 0.6 is 21.0 Å². The second-order valence-electron chi connectivity index (χ2n) is 5.19. The molecule has 0 saturated heterocycles. The summed E-state index contributed by atoms with van der Waals surface area (Å²) in [5, 5.41) is 0. The molecule has 0 aromatic heterocycles. The van der Waals surface area contributed by atoms with Crippen LogP contribution < -0.4 is 38.4 Å². The van der Waals surface area contributed by atoms with Crippen LogP contribution in [0.4, 0.5) is 17.1 Å². The molecule has 0 aliphatic rings. The number of halogens is 2. The number of nitrogens with one attached hydrogen (secondary N) is 1. The number of nitrogen functional groups attached to an aromatic ring is 3. The summed E-state index contributed by atoms with van der Waals surface area (Å²) in [5.74, 6) is 0. The van der Waals surface area contributed by atoms with Crippen molar-refractivity contribution in [2.24, 2.45) is 0 Å². The van der Waals surface area contributed by atoms with Crippen molar-refractivity contribution in [3.8, 4) is 11.1 Å². The summed E-state index contributed by atoms with van der Waals surface area (Å²) in [6.07, 6.45) is 0. The predicted molar refractivity (Wildman–Crippen MR) is 104 cm³/mol. The normalized spacial score (nSPS) is 10.8. The zero-order chi connectivity index (χ0) is 17.1. The molecular formula is C18H17I2N4-. The van der Waals surface area contributed by atoms with Crippen LogP contribution in [0.25, 0.3) is 11.1 Å². The molecule has 3 aromatic rings. The van der Waals surface area contributed by atoms with Crippen LogP contribution in [0.3, 0.4) is 0 Å². The van der Waals surface area contributed by atoms with Crippen molar-refractivity contribution in [2.45, 2.75) is 0 Å². The van der Waals surface area contributed by atoms with Gasteiger partial charge in [-0.25, -0.2) is 0 Å². The Morgan fingerprint density at radius 2 is 1.58 bits per heavy atom. The number of hydrogen-bond donors (Lipinski definition) is 4. The van der Waals surface area contributed by atoms with Gasteiger partial charge in [0.1, 0.15) is 0 Å². The third kappa shape index (κ3) is 3.69. The van der Waals surface area contributed by atoms with Gasteiger partial charge in [-0.05, 0) is 0 Å². The Kier molecular flexibility index (Phi) is 5.34. The third-order valence-corrected chi connectivity index (χ3v) is 9.12. The first-order valence-corrected chi connectivity index (χ1v) is 11.5. The van der Waals surface area contributed by atoms with E-state index in [0.717, 1.165) is 26.1 Å². The Labute approximate surface area is 161 Å². The van der Waals surface area contributed by atoms with E-state index in [1.807, 2.05) is 36.4 Å². The van der Waals surface area contributed by atoms with E-state index in [1.165, 1.54) is 7.14 Å². The summed E-state index contributed by atoms with van der Waals surface area (Å²) in [5.41, 5.74) is 22.3. The number of anilines is 3. The SMILES string of the molecule is N=Ic1cccc(N)c1[I-]c1ccc(-c2cc(N)ccc2N)cc1. The molecule has 0 aliphatic carbocycles. The van der Waals surface area contributed by atoms with Crippen molar-refractivity contribution in [1.82, 2.24) is 0 Å². The fourth-order valence-corrected chi connectivity index (χ4v) is 6.89. The molecular weight excluding hydrogens is 526 g/mol. The van der Waals surface area contributed by atoms with Crippen molar-refractivity contribution < 1.29 is 21.2 Å². The van der Waals surface area contributed by atoms with Crippen molar-refractivity contribution in [2.75, 3.05) is 17.2 Å². The fourth-order valence-electron chi connectivity index (χ4n) is 2.32. The molecule has 124 valence electrons. The van der Waals surface area contributed by atoms with Crippen LogP contribution in [0.5, 0.6) is 0 Å². The van der Waals surface area contributed by atoms with E-state index in [9.17, 15) is 0 Å². The van der Waals surface area contributed by atoms with Crippen LogP contribution in [0.2, 0.25) is 0 Å².